The zero-order valence-electron chi connectivity index (χ0n) is 12.5. The molecular formula is C17H10Br2O5S. The van der Waals surface area contributed by atoms with E-state index in [4.69, 9.17) is 9.15 Å². The third-order valence-electron chi connectivity index (χ3n) is 3.21. The number of para-hydroxylation sites is 1. The number of esters is 1. The Bertz CT molecular complexity index is 1020. The lowest BCUT2D eigenvalue weighted by atomic mass is 10.3. The van der Waals surface area contributed by atoms with Gasteiger partial charge < -0.3 is 9.15 Å². The predicted molar refractivity (Wildman–Crippen MR) is 97.4 cm³/mol. The molecule has 3 rings (SSSR count). The van der Waals surface area contributed by atoms with Crippen molar-refractivity contribution in [2.75, 3.05) is 0 Å². The van der Waals surface area contributed by atoms with Crippen LogP contribution in [-0.2, 0) is 9.84 Å². The highest BCUT2D eigenvalue weighted by atomic mass is 79.9. The molecule has 2 aromatic carbocycles. The van der Waals surface area contributed by atoms with Crippen molar-refractivity contribution < 1.29 is 22.4 Å². The first-order chi connectivity index (χ1) is 11.9. The van der Waals surface area contributed by atoms with Gasteiger partial charge in [0.25, 0.3) is 0 Å². The Morgan fingerprint density at radius 3 is 2.28 bits per heavy atom. The first-order valence-electron chi connectivity index (χ1n) is 6.95. The molecule has 8 heteroatoms. The lowest BCUT2D eigenvalue weighted by molar-refractivity contribution is 0.0694. The molecule has 0 radical (unpaired) electrons. The number of hydrogen-bond acceptors (Lipinski definition) is 5. The number of furan rings is 1. The lowest BCUT2D eigenvalue weighted by Crippen LogP contribution is -2.08. The van der Waals surface area contributed by atoms with E-state index in [9.17, 15) is 13.2 Å². The molecule has 1 heterocycles. The van der Waals surface area contributed by atoms with E-state index in [0.717, 1.165) is 4.47 Å². The summed E-state index contributed by atoms with van der Waals surface area (Å²) in [6.07, 6.45) is 0. The van der Waals surface area contributed by atoms with Crippen LogP contribution >= 0.6 is 31.9 Å². The molecule has 5 nitrogen and oxygen atoms in total. The van der Waals surface area contributed by atoms with E-state index < -0.39 is 15.8 Å². The minimum absolute atomic E-state index is 0.0655. The van der Waals surface area contributed by atoms with Crippen LogP contribution in [0.5, 0.6) is 5.75 Å². The molecule has 0 saturated heterocycles. The van der Waals surface area contributed by atoms with Crippen molar-refractivity contribution in [1.82, 2.24) is 0 Å². The summed E-state index contributed by atoms with van der Waals surface area (Å²) in [5.41, 5.74) is 0. The number of sulfone groups is 1. The molecule has 0 atom stereocenters. The molecule has 0 aliphatic rings. The van der Waals surface area contributed by atoms with Crippen LogP contribution in [0.15, 0.2) is 84.0 Å². The van der Waals surface area contributed by atoms with Gasteiger partial charge in [0.15, 0.2) is 0 Å². The number of carbonyl (C=O) groups is 1. The molecule has 0 bridgehead atoms. The Labute approximate surface area is 160 Å². The Kier molecular flexibility index (Phi) is 5.12. The van der Waals surface area contributed by atoms with Gasteiger partial charge in [-0.05, 0) is 64.5 Å². The van der Waals surface area contributed by atoms with Gasteiger partial charge in [-0.25, -0.2) is 13.2 Å². The van der Waals surface area contributed by atoms with Crippen LogP contribution in [0.25, 0.3) is 0 Å². The van der Waals surface area contributed by atoms with Crippen molar-refractivity contribution in [1.29, 1.82) is 0 Å². The maximum Gasteiger partial charge on any atom is 0.379 e. The molecule has 0 aliphatic carbocycles. The van der Waals surface area contributed by atoms with Crippen LogP contribution in [0.2, 0.25) is 0 Å². The second-order valence-corrected chi connectivity index (χ2v) is 8.55. The first kappa shape index (κ1) is 17.9. The van der Waals surface area contributed by atoms with Crippen molar-refractivity contribution in [2.45, 2.75) is 9.99 Å². The summed E-state index contributed by atoms with van der Waals surface area (Å²) < 4.78 is 36.8. The molecule has 128 valence electrons. The van der Waals surface area contributed by atoms with Crippen LogP contribution in [0.4, 0.5) is 0 Å². The number of carbonyl (C=O) groups excluding carboxylic acids is 1. The smallest absolute Gasteiger partial charge is 0.379 e. The van der Waals surface area contributed by atoms with E-state index in [1.165, 1.54) is 24.3 Å². The van der Waals surface area contributed by atoms with Crippen LogP contribution in [-0.4, -0.2) is 14.4 Å². The molecule has 0 aliphatic heterocycles. The van der Waals surface area contributed by atoms with Gasteiger partial charge in [0.2, 0.25) is 20.7 Å². The standard InChI is InChI=1S/C17H10Br2O5S/c18-11-5-7-12(8-6-11)25(21,22)16-10-9-15(23-16)17(20)24-14-4-2-1-3-13(14)19/h1-10H. The Balaban J connectivity index is 1.85. The minimum Gasteiger partial charge on any atom is -0.437 e. The van der Waals surface area contributed by atoms with Gasteiger partial charge >= 0.3 is 5.97 Å². The fraction of sp³-hybridized carbons (Fsp3) is 0. The fourth-order valence-corrected chi connectivity index (χ4v) is 3.79. The van der Waals surface area contributed by atoms with Crippen molar-refractivity contribution >= 4 is 47.7 Å². The average Bonchev–Trinajstić information content (AvgIpc) is 3.08. The zero-order chi connectivity index (χ0) is 18.0. The molecule has 0 amide bonds. The van der Waals surface area contributed by atoms with Gasteiger partial charge in [0.05, 0.1) is 9.37 Å². The lowest BCUT2D eigenvalue weighted by Gasteiger charge is -2.04. The van der Waals surface area contributed by atoms with Crippen LogP contribution in [0, 0.1) is 0 Å². The molecular weight excluding hydrogens is 476 g/mol. The van der Waals surface area contributed by atoms with Gasteiger partial charge in [0, 0.05) is 4.47 Å². The second-order valence-electron chi connectivity index (χ2n) is 4.90. The molecule has 0 spiro atoms. The predicted octanol–water partition coefficient (Wildman–Crippen LogP) is 4.86. The summed E-state index contributed by atoms with van der Waals surface area (Å²) in [6, 6.07) is 15.4. The number of halogens is 2. The summed E-state index contributed by atoms with van der Waals surface area (Å²) in [6.45, 7) is 0. The molecule has 0 saturated carbocycles. The number of benzene rings is 2. The summed E-state index contributed by atoms with van der Waals surface area (Å²) >= 11 is 6.51. The maximum atomic E-state index is 12.5. The normalized spacial score (nSPS) is 11.3. The maximum absolute atomic E-state index is 12.5. The number of rotatable bonds is 4. The molecule has 1 aromatic heterocycles. The minimum atomic E-state index is -3.85. The largest absolute Gasteiger partial charge is 0.437 e. The van der Waals surface area contributed by atoms with Gasteiger partial charge in [-0.1, -0.05) is 28.1 Å². The summed E-state index contributed by atoms with van der Waals surface area (Å²) in [7, 11) is -3.85. The van der Waals surface area contributed by atoms with Gasteiger partial charge in [-0.3, -0.25) is 0 Å². The summed E-state index contributed by atoms with van der Waals surface area (Å²) in [5, 5.41) is -0.325. The average molecular weight is 486 g/mol. The van der Waals surface area contributed by atoms with E-state index in [1.54, 1.807) is 36.4 Å². The van der Waals surface area contributed by atoms with E-state index >= 15 is 0 Å². The topological polar surface area (TPSA) is 73.6 Å². The van der Waals surface area contributed by atoms with Crippen LogP contribution in [0.3, 0.4) is 0 Å². The Hall–Kier alpha value is -1.90. The van der Waals surface area contributed by atoms with Crippen LogP contribution < -0.4 is 4.74 Å². The van der Waals surface area contributed by atoms with Gasteiger partial charge in [-0.2, -0.15) is 0 Å². The fourth-order valence-electron chi connectivity index (χ4n) is 1.98. The highest BCUT2D eigenvalue weighted by Crippen LogP contribution is 2.27. The van der Waals surface area contributed by atoms with Crippen molar-refractivity contribution in [3.8, 4) is 5.75 Å². The molecule has 3 aromatic rings. The highest BCUT2D eigenvalue weighted by Gasteiger charge is 2.24. The monoisotopic (exact) mass is 484 g/mol. The number of hydrogen-bond donors (Lipinski definition) is 0. The second kappa shape index (κ2) is 7.15. The summed E-state index contributed by atoms with van der Waals surface area (Å²) in [5.74, 6) is -0.684. The molecule has 0 fully saturated rings. The molecule has 25 heavy (non-hydrogen) atoms. The highest BCUT2D eigenvalue weighted by molar-refractivity contribution is 9.10. The Morgan fingerprint density at radius 2 is 1.60 bits per heavy atom. The first-order valence-corrected chi connectivity index (χ1v) is 10.0. The van der Waals surface area contributed by atoms with Gasteiger partial charge in [-0.15, -0.1) is 0 Å². The Morgan fingerprint density at radius 1 is 0.920 bits per heavy atom. The van der Waals surface area contributed by atoms with E-state index in [0.29, 0.717) is 10.2 Å². The van der Waals surface area contributed by atoms with E-state index in [-0.39, 0.29) is 15.7 Å². The molecule has 0 unspecified atom stereocenters. The van der Waals surface area contributed by atoms with Crippen molar-refractivity contribution in [2.24, 2.45) is 0 Å². The molecule has 0 N–H and O–H groups in total. The summed E-state index contributed by atoms with van der Waals surface area (Å²) in [4.78, 5) is 12.2. The van der Waals surface area contributed by atoms with E-state index in [1.807, 2.05) is 0 Å². The van der Waals surface area contributed by atoms with Crippen molar-refractivity contribution in [3.63, 3.8) is 0 Å². The third-order valence-corrected chi connectivity index (χ3v) is 6.04. The SMILES string of the molecule is O=C(Oc1ccccc1Br)c1ccc(S(=O)(=O)c2ccc(Br)cc2)o1. The van der Waals surface area contributed by atoms with Gasteiger partial charge in [0.1, 0.15) is 5.75 Å². The van der Waals surface area contributed by atoms with Crippen LogP contribution in [0.1, 0.15) is 10.6 Å². The quantitative estimate of drug-likeness (QED) is 0.390. The van der Waals surface area contributed by atoms with Crippen molar-refractivity contribution in [3.05, 3.63) is 75.4 Å². The van der Waals surface area contributed by atoms with E-state index in [2.05, 4.69) is 31.9 Å². The third kappa shape index (κ3) is 3.86. The zero-order valence-corrected chi connectivity index (χ0v) is 16.5. The number of ether oxygens (including phenoxy) is 1.